The first-order valence-corrected chi connectivity index (χ1v) is 9.56. The molecule has 1 fully saturated rings. The standard InChI is InChI=1S/C22H24N4O3/c1-28-18-7-3-5-16(13-18)20-15-21(24-23-20)22(27)26-11-9-25(10-12-26)17-6-4-8-19(14-17)29-2/h3-8,13-15H,9-12H2,1-2H3,(H,23,24). The van der Waals surface area contributed by atoms with Crippen LogP contribution >= 0.6 is 0 Å². The Labute approximate surface area is 169 Å². The number of ether oxygens (including phenoxy) is 2. The van der Waals surface area contributed by atoms with Crippen LogP contribution in [0, 0.1) is 0 Å². The average Bonchev–Trinajstić information content (AvgIpc) is 3.29. The highest BCUT2D eigenvalue weighted by molar-refractivity contribution is 5.93. The highest BCUT2D eigenvalue weighted by atomic mass is 16.5. The lowest BCUT2D eigenvalue weighted by molar-refractivity contribution is 0.0741. The van der Waals surface area contributed by atoms with Gasteiger partial charge >= 0.3 is 0 Å². The number of nitrogens with zero attached hydrogens (tertiary/aromatic N) is 3. The number of amides is 1. The van der Waals surface area contributed by atoms with Gasteiger partial charge in [-0.2, -0.15) is 5.10 Å². The van der Waals surface area contributed by atoms with E-state index in [0.717, 1.165) is 41.5 Å². The van der Waals surface area contributed by atoms with E-state index in [9.17, 15) is 4.79 Å². The molecule has 0 saturated carbocycles. The minimum atomic E-state index is -0.0306. The number of hydrogen-bond donors (Lipinski definition) is 1. The van der Waals surface area contributed by atoms with Crippen LogP contribution in [0.1, 0.15) is 10.5 Å². The van der Waals surface area contributed by atoms with Crippen molar-refractivity contribution in [3.63, 3.8) is 0 Å². The molecule has 1 aliphatic rings. The van der Waals surface area contributed by atoms with Crippen molar-refractivity contribution in [2.45, 2.75) is 0 Å². The van der Waals surface area contributed by atoms with Crippen molar-refractivity contribution < 1.29 is 14.3 Å². The van der Waals surface area contributed by atoms with Gasteiger partial charge in [-0.15, -0.1) is 0 Å². The number of nitrogens with one attached hydrogen (secondary N) is 1. The molecule has 0 atom stereocenters. The molecule has 0 unspecified atom stereocenters. The largest absolute Gasteiger partial charge is 0.497 e. The normalized spacial score (nSPS) is 14.0. The minimum Gasteiger partial charge on any atom is -0.497 e. The summed E-state index contributed by atoms with van der Waals surface area (Å²) in [4.78, 5) is 17.0. The summed E-state index contributed by atoms with van der Waals surface area (Å²) in [5.41, 5.74) is 3.24. The van der Waals surface area contributed by atoms with Gasteiger partial charge in [0.25, 0.3) is 5.91 Å². The molecular formula is C22H24N4O3. The first-order valence-electron chi connectivity index (χ1n) is 9.56. The Morgan fingerprint density at radius 3 is 2.34 bits per heavy atom. The number of hydrogen-bond acceptors (Lipinski definition) is 5. The lowest BCUT2D eigenvalue weighted by Crippen LogP contribution is -2.48. The van der Waals surface area contributed by atoms with Gasteiger partial charge in [-0.3, -0.25) is 9.89 Å². The molecule has 1 amide bonds. The molecule has 1 aromatic heterocycles. The molecule has 0 spiro atoms. The van der Waals surface area contributed by atoms with Crippen LogP contribution < -0.4 is 14.4 Å². The fourth-order valence-electron chi connectivity index (χ4n) is 3.51. The number of rotatable bonds is 5. The van der Waals surface area contributed by atoms with Crippen molar-refractivity contribution in [3.05, 3.63) is 60.3 Å². The molecule has 0 radical (unpaired) electrons. The predicted molar refractivity (Wildman–Crippen MR) is 112 cm³/mol. The maximum Gasteiger partial charge on any atom is 0.272 e. The van der Waals surface area contributed by atoms with Crippen molar-refractivity contribution in [2.24, 2.45) is 0 Å². The first-order chi connectivity index (χ1) is 14.2. The number of methoxy groups -OCH3 is 2. The second-order valence-electron chi connectivity index (χ2n) is 6.88. The van der Waals surface area contributed by atoms with E-state index >= 15 is 0 Å². The van der Waals surface area contributed by atoms with E-state index in [1.54, 1.807) is 20.3 Å². The molecule has 7 nitrogen and oxygen atoms in total. The van der Waals surface area contributed by atoms with E-state index in [1.165, 1.54) is 0 Å². The molecule has 1 aliphatic heterocycles. The van der Waals surface area contributed by atoms with Gasteiger partial charge in [0, 0.05) is 43.5 Å². The number of carbonyl (C=O) groups excluding carboxylic acids is 1. The first kappa shape index (κ1) is 18.9. The number of carbonyl (C=O) groups is 1. The van der Waals surface area contributed by atoms with Gasteiger partial charge in [-0.25, -0.2) is 0 Å². The zero-order valence-electron chi connectivity index (χ0n) is 16.6. The highest BCUT2D eigenvalue weighted by Gasteiger charge is 2.24. The molecule has 0 bridgehead atoms. The highest BCUT2D eigenvalue weighted by Crippen LogP contribution is 2.24. The fourth-order valence-corrected chi connectivity index (χ4v) is 3.51. The van der Waals surface area contributed by atoms with Gasteiger partial charge < -0.3 is 19.3 Å². The lowest BCUT2D eigenvalue weighted by Gasteiger charge is -2.36. The SMILES string of the molecule is COc1cccc(-c2cc(C(=O)N3CCN(c4cccc(OC)c4)CC3)[nH]n2)c1. The van der Waals surface area contributed by atoms with Crippen LogP contribution in [0.15, 0.2) is 54.6 Å². The van der Waals surface area contributed by atoms with Gasteiger partial charge in [0.15, 0.2) is 0 Å². The molecule has 2 aromatic carbocycles. The average molecular weight is 392 g/mol. The third-order valence-corrected chi connectivity index (χ3v) is 5.16. The summed E-state index contributed by atoms with van der Waals surface area (Å²) in [5, 5.41) is 7.19. The van der Waals surface area contributed by atoms with Crippen LogP contribution in [0.2, 0.25) is 0 Å². The van der Waals surface area contributed by atoms with Gasteiger partial charge in [0.1, 0.15) is 17.2 Å². The van der Waals surface area contributed by atoms with Crippen LogP contribution in [-0.2, 0) is 0 Å². The molecule has 2 heterocycles. The van der Waals surface area contributed by atoms with Crippen LogP contribution in [0.4, 0.5) is 5.69 Å². The number of benzene rings is 2. The number of aromatic nitrogens is 2. The summed E-state index contributed by atoms with van der Waals surface area (Å²) in [6.07, 6.45) is 0. The number of H-pyrrole nitrogens is 1. The molecule has 4 rings (SSSR count). The summed E-state index contributed by atoms with van der Waals surface area (Å²) in [5.74, 6) is 1.56. The van der Waals surface area contributed by atoms with Crippen LogP contribution in [-0.4, -0.2) is 61.4 Å². The monoisotopic (exact) mass is 392 g/mol. The van der Waals surface area contributed by atoms with Gasteiger partial charge in [-0.05, 0) is 30.3 Å². The van der Waals surface area contributed by atoms with Crippen molar-refractivity contribution in [3.8, 4) is 22.8 Å². The van der Waals surface area contributed by atoms with Gasteiger partial charge in [-0.1, -0.05) is 18.2 Å². The van der Waals surface area contributed by atoms with Crippen LogP contribution in [0.5, 0.6) is 11.5 Å². The number of aromatic amines is 1. The third kappa shape index (κ3) is 4.03. The maximum absolute atomic E-state index is 12.9. The van der Waals surface area contributed by atoms with Gasteiger partial charge in [0.2, 0.25) is 0 Å². The summed E-state index contributed by atoms with van der Waals surface area (Å²) in [6, 6.07) is 17.4. The Morgan fingerprint density at radius 2 is 1.62 bits per heavy atom. The van der Waals surface area contributed by atoms with E-state index in [0.29, 0.717) is 18.8 Å². The maximum atomic E-state index is 12.9. The van der Waals surface area contributed by atoms with Crippen molar-refractivity contribution in [1.29, 1.82) is 0 Å². The summed E-state index contributed by atoms with van der Waals surface area (Å²) in [7, 11) is 3.30. The van der Waals surface area contributed by atoms with Crippen molar-refractivity contribution in [2.75, 3.05) is 45.3 Å². The Bertz CT molecular complexity index is 993. The molecule has 1 N–H and O–H groups in total. The second kappa shape index (κ2) is 8.26. The Kier molecular flexibility index (Phi) is 5.37. The van der Waals surface area contributed by atoms with Crippen LogP contribution in [0.25, 0.3) is 11.3 Å². The molecule has 3 aromatic rings. The zero-order chi connectivity index (χ0) is 20.2. The Morgan fingerprint density at radius 1 is 0.931 bits per heavy atom. The molecule has 7 heteroatoms. The van der Waals surface area contributed by atoms with E-state index in [4.69, 9.17) is 9.47 Å². The predicted octanol–water partition coefficient (Wildman–Crippen LogP) is 3.06. The summed E-state index contributed by atoms with van der Waals surface area (Å²) in [6.45, 7) is 2.86. The van der Waals surface area contributed by atoms with E-state index in [-0.39, 0.29) is 5.91 Å². The van der Waals surface area contributed by atoms with Crippen LogP contribution in [0.3, 0.4) is 0 Å². The quantitative estimate of drug-likeness (QED) is 0.723. The molecule has 29 heavy (non-hydrogen) atoms. The van der Waals surface area contributed by atoms with Gasteiger partial charge in [0.05, 0.1) is 19.9 Å². The fraction of sp³-hybridized carbons (Fsp3) is 0.273. The topological polar surface area (TPSA) is 70.7 Å². The number of anilines is 1. The van der Waals surface area contributed by atoms with E-state index < -0.39 is 0 Å². The van der Waals surface area contributed by atoms with Crippen molar-refractivity contribution in [1.82, 2.24) is 15.1 Å². The lowest BCUT2D eigenvalue weighted by atomic mass is 10.1. The van der Waals surface area contributed by atoms with E-state index in [1.807, 2.05) is 47.4 Å². The third-order valence-electron chi connectivity index (χ3n) is 5.16. The van der Waals surface area contributed by atoms with Crippen molar-refractivity contribution >= 4 is 11.6 Å². The summed E-state index contributed by atoms with van der Waals surface area (Å²) < 4.78 is 10.6. The smallest absolute Gasteiger partial charge is 0.272 e. The van der Waals surface area contributed by atoms with E-state index in [2.05, 4.69) is 21.2 Å². The Hall–Kier alpha value is -3.48. The minimum absolute atomic E-state index is 0.0306. The summed E-state index contributed by atoms with van der Waals surface area (Å²) >= 11 is 0. The Balaban J connectivity index is 1.41. The second-order valence-corrected chi connectivity index (χ2v) is 6.88. The zero-order valence-corrected chi connectivity index (χ0v) is 16.6. The number of piperazine rings is 1. The molecular weight excluding hydrogens is 368 g/mol. The molecule has 1 saturated heterocycles. The molecule has 0 aliphatic carbocycles. The molecule has 150 valence electrons.